The maximum Gasteiger partial charge on any atom is 0.148 e. The van der Waals surface area contributed by atoms with Gasteiger partial charge in [0, 0.05) is 19.7 Å². The van der Waals surface area contributed by atoms with E-state index in [4.69, 9.17) is 15.9 Å². The molecule has 1 unspecified atom stereocenters. The van der Waals surface area contributed by atoms with Gasteiger partial charge in [-0.15, -0.1) is 6.42 Å². The quantitative estimate of drug-likeness (QED) is 0.777. The molecule has 1 fully saturated rings. The Morgan fingerprint density at radius 3 is 3.22 bits per heavy atom. The summed E-state index contributed by atoms with van der Waals surface area (Å²) in [7, 11) is 0. The van der Waals surface area contributed by atoms with E-state index < -0.39 is 0 Å². The third-order valence-electron chi connectivity index (χ3n) is 2.95. The van der Waals surface area contributed by atoms with Gasteiger partial charge in [-0.3, -0.25) is 0 Å². The monoisotopic (exact) mass is 245 g/mol. The van der Waals surface area contributed by atoms with Gasteiger partial charge >= 0.3 is 0 Å². The second kappa shape index (κ2) is 7.05. The molecule has 1 saturated heterocycles. The molecule has 0 aliphatic carbocycles. The van der Waals surface area contributed by atoms with E-state index in [9.17, 15) is 0 Å². The predicted octanol–water partition coefficient (Wildman–Crippen LogP) is 1.97. The van der Waals surface area contributed by atoms with Crippen molar-refractivity contribution in [3.05, 3.63) is 29.8 Å². The predicted molar refractivity (Wildman–Crippen MR) is 71.5 cm³/mol. The van der Waals surface area contributed by atoms with Crippen molar-refractivity contribution in [3.8, 4) is 18.1 Å². The van der Waals surface area contributed by atoms with E-state index in [1.807, 2.05) is 18.2 Å². The van der Waals surface area contributed by atoms with Gasteiger partial charge in [0.1, 0.15) is 12.4 Å². The van der Waals surface area contributed by atoms with Gasteiger partial charge in [-0.2, -0.15) is 0 Å². The third kappa shape index (κ3) is 4.06. The van der Waals surface area contributed by atoms with Crippen molar-refractivity contribution in [3.63, 3.8) is 0 Å². The Hall–Kier alpha value is -1.50. The molecule has 0 saturated carbocycles. The molecule has 1 aromatic rings. The highest BCUT2D eigenvalue weighted by molar-refractivity contribution is 5.28. The van der Waals surface area contributed by atoms with Crippen LogP contribution in [0, 0.1) is 12.3 Å². The topological polar surface area (TPSA) is 30.5 Å². The molecular weight excluding hydrogens is 226 g/mol. The first-order valence-electron chi connectivity index (χ1n) is 6.36. The van der Waals surface area contributed by atoms with Crippen LogP contribution in [-0.4, -0.2) is 25.9 Å². The van der Waals surface area contributed by atoms with Gasteiger partial charge in [0.05, 0.1) is 6.10 Å². The molecule has 1 aliphatic rings. The summed E-state index contributed by atoms with van der Waals surface area (Å²) in [6.07, 6.45) is 7.89. The minimum atomic E-state index is 0.312. The minimum absolute atomic E-state index is 0.312. The van der Waals surface area contributed by atoms with Crippen LogP contribution in [0.1, 0.15) is 18.4 Å². The second-order valence-corrected chi connectivity index (χ2v) is 4.41. The van der Waals surface area contributed by atoms with E-state index in [0.717, 1.165) is 25.4 Å². The van der Waals surface area contributed by atoms with E-state index in [-0.39, 0.29) is 0 Å². The smallest absolute Gasteiger partial charge is 0.148 e. The minimum Gasteiger partial charge on any atom is -0.481 e. The maximum absolute atomic E-state index is 5.56. The standard InChI is InChI=1S/C15H19NO2/c1-2-8-17-14-6-3-5-13(10-14)11-16-12-15-7-4-9-18-15/h1,3,5-6,10,15-16H,4,7-9,11-12H2. The van der Waals surface area contributed by atoms with Gasteiger partial charge in [-0.1, -0.05) is 18.1 Å². The van der Waals surface area contributed by atoms with Crippen LogP contribution in [0.4, 0.5) is 0 Å². The second-order valence-electron chi connectivity index (χ2n) is 4.41. The molecule has 1 heterocycles. The van der Waals surface area contributed by atoms with Gasteiger partial charge in [0.25, 0.3) is 0 Å². The number of benzene rings is 1. The van der Waals surface area contributed by atoms with Crippen molar-refractivity contribution in [2.24, 2.45) is 0 Å². The Bertz CT molecular complexity index is 405. The summed E-state index contributed by atoms with van der Waals surface area (Å²) in [5.41, 5.74) is 1.20. The van der Waals surface area contributed by atoms with Crippen molar-refractivity contribution in [1.29, 1.82) is 0 Å². The number of rotatable bonds is 6. The first-order valence-corrected chi connectivity index (χ1v) is 6.36. The Kier molecular flexibility index (Phi) is 5.07. The molecule has 1 aromatic carbocycles. The average Bonchev–Trinajstić information content (AvgIpc) is 2.90. The first kappa shape index (κ1) is 12.9. The van der Waals surface area contributed by atoms with Gasteiger partial charge in [-0.05, 0) is 30.5 Å². The van der Waals surface area contributed by atoms with Crippen molar-refractivity contribution in [2.45, 2.75) is 25.5 Å². The number of hydrogen-bond acceptors (Lipinski definition) is 3. The summed E-state index contributed by atoms with van der Waals surface area (Å²) in [4.78, 5) is 0. The summed E-state index contributed by atoms with van der Waals surface area (Å²) in [6, 6.07) is 7.99. The molecule has 1 atom stereocenters. The van der Waals surface area contributed by atoms with Crippen molar-refractivity contribution >= 4 is 0 Å². The van der Waals surface area contributed by atoms with E-state index in [1.54, 1.807) is 0 Å². The highest BCUT2D eigenvalue weighted by Gasteiger charge is 2.14. The van der Waals surface area contributed by atoms with Gasteiger partial charge in [0.2, 0.25) is 0 Å². The lowest BCUT2D eigenvalue weighted by atomic mass is 10.2. The molecule has 0 aromatic heterocycles. The summed E-state index contributed by atoms with van der Waals surface area (Å²) in [6.45, 7) is 2.96. The lowest BCUT2D eigenvalue weighted by Gasteiger charge is -2.11. The number of hydrogen-bond donors (Lipinski definition) is 1. The Morgan fingerprint density at radius 1 is 1.50 bits per heavy atom. The van der Waals surface area contributed by atoms with Gasteiger partial charge in [0.15, 0.2) is 0 Å². The van der Waals surface area contributed by atoms with Gasteiger partial charge < -0.3 is 14.8 Å². The molecule has 1 aliphatic heterocycles. The third-order valence-corrected chi connectivity index (χ3v) is 2.95. The SMILES string of the molecule is C#CCOc1cccc(CNCC2CCCO2)c1. The van der Waals surface area contributed by atoms with E-state index in [2.05, 4.69) is 17.3 Å². The van der Waals surface area contributed by atoms with E-state index >= 15 is 0 Å². The highest BCUT2D eigenvalue weighted by atomic mass is 16.5. The molecular formula is C15H19NO2. The van der Waals surface area contributed by atoms with Crippen molar-refractivity contribution in [2.75, 3.05) is 19.8 Å². The zero-order valence-electron chi connectivity index (χ0n) is 10.5. The summed E-state index contributed by atoms with van der Waals surface area (Å²) < 4.78 is 10.9. The summed E-state index contributed by atoms with van der Waals surface area (Å²) in [5, 5.41) is 3.41. The van der Waals surface area contributed by atoms with Crippen LogP contribution in [0.3, 0.4) is 0 Å². The fourth-order valence-corrected chi connectivity index (χ4v) is 2.05. The Morgan fingerprint density at radius 2 is 2.44 bits per heavy atom. The van der Waals surface area contributed by atoms with Crippen molar-refractivity contribution < 1.29 is 9.47 Å². The van der Waals surface area contributed by atoms with Crippen LogP contribution in [0.2, 0.25) is 0 Å². The molecule has 0 bridgehead atoms. The number of nitrogens with one attached hydrogen (secondary N) is 1. The lowest BCUT2D eigenvalue weighted by Crippen LogP contribution is -2.25. The average molecular weight is 245 g/mol. The van der Waals surface area contributed by atoms with Crippen LogP contribution in [0.5, 0.6) is 5.75 Å². The van der Waals surface area contributed by atoms with Gasteiger partial charge in [-0.25, -0.2) is 0 Å². The van der Waals surface area contributed by atoms with Crippen LogP contribution >= 0.6 is 0 Å². The number of ether oxygens (including phenoxy) is 2. The molecule has 0 amide bonds. The summed E-state index contributed by atoms with van der Waals surface area (Å²) in [5.74, 6) is 3.29. The fraction of sp³-hybridized carbons (Fsp3) is 0.467. The van der Waals surface area contributed by atoms with Crippen LogP contribution in [0.25, 0.3) is 0 Å². The number of terminal acetylenes is 1. The highest BCUT2D eigenvalue weighted by Crippen LogP contribution is 2.14. The van der Waals surface area contributed by atoms with E-state index in [1.165, 1.54) is 18.4 Å². The zero-order chi connectivity index (χ0) is 12.6. The zero-order valence-corrected chi connectivity index (χ0v) is 10.5. The summed E-state index contributed by atoms with van der Waals surface area (Å²) >= 11 is 0. The maximum atomic E-state index is 5.56. The molecule has 1 N–H and O–H groups in total. The fourth-order valence-electron chi connectivity index (χ4n) is 2.05. The normalized spacial score (nSPS) is 18.5. The molecule has 2 rings (SSSR count). The Labute approximate surface area is 108 Å². The molecule has 3 heteroatoms. The molecule has 0 spiro atoms. The largest absolute Gasteiger partial charge is 0.481 e. The molecule has 3 nitrogen and oxygen atoms in total. The van der Waals surface area contributed by atoms with Crippen LogP contribution < -0.4 is 10.1 Å². The van der Waals surface area contributed by atoms with Crippen molar-refractivity contribution in [1.82, 2.24) is 5.32 Å². The molecule has 18 heavy (non-hydrogen) atoms. The van der Waals surface area contributed by atoms with Crippen LogP contribution in [-0.2, 0) is 11.3 Å². The molecule has 96 valence electrons. The first-order chi connectivity index (χ1) is 8.88. The molecule has 0 radical (unpaired) electrons. The Balaban J connectivity index is 1.76. The lowest BCUT2D eigenvalue weighted by molar-refractivity contribution is 0.110. The van der Waals surface area contributed by atoms with E-state index in [0.29, 0.717) is 12.7 Å². The van der Waals surface area contributed by atoms with Crippen LogP contribution in [0.15, 0.2) is 24.3 Å².